The fourth-order valence-corrected chi connectivity index (χ4v) is 1.17. The maximum Gasteiger partial charge on any atom is 0.151 e. The zero-order chi connectivity index (χ0) is 8.55. The first kappa shape index (κ1) is 7.34. The van der Waals surface area contributed by atoms with E-state index in [1.54, 1.807) is 6.07 Å². The lowest BCUT2D eigenvalue weighted by atomic mass is 10.4. The molecule has 0 aliphatic heterocycles. The van der Waals surface area contributed by atoms with Gasteiger partial charge in [0, 0.05) is 13.1 Å². The van der Waals surface area contributed by atoms with Crippen LogP contribution in [0.1, 0.15) is 12.8 Å². The summed E-state index contributed by atoms with van der Waals surface area (Å²) in [6, 6.07) is 4.35. The molecule has 1 fully saturated rings. The Kier molecular flexibility index (Phi) is 1.60. The summed E-state index contributed by atoms with van der Waals surface area (Å²) in [5.41, 5.74) is 5.43. The fourth-order valence-electron chi connectivity index (χ4n) is 1.17. The highest BCUT2D eigenvalue weighted by Gasteiger charge is 2.27. The van der Waals surface area contributed by atoms with E-state index in [4.69, 9.17) is 5.73 Å². The van der Waals surface area contributed by atoms with E-state index >= 15 is 0 Å². The summed E-state index contributed by atoms with van der Waals surface area (Å²) in [6.45, 7) is 0. The van der Waals surface area contributed by atoms with E-state index in [0.717, 1.165) is 5.82 Å². The van der Waals surface area contributed by atoms with Gasteiger partial charge in [0.2, 0.25) is 0 Å². The van der Waals surface area contributed by atoms with Gasteiger partial charge in [-0.3, -0.25) is 0 Å². The van der Waals surface area contributed by atoms with Crippen molar-refractivity contribution in [2.45, 2.75) is 18.9 Å². The van der Waals surface area contributed by atoms with Gasteiger partial charge in [-0.25, -0.2) is 0 Å². The number of nitrogens with two attached hydrogens (primary N) is 1. The van der Waals surface area contributed by atoms with Gasteiger partial charge in [0.05, 0.1) is 0 Å². The topological polar surface area (TPSA) is 55.0 Å². The van der Waals surface area contributed by atoms with Gasteiger partial charge < -0.3 is 10.6 Å². The quantitative estimate of drug-likeness (QED) is 0.697. The minimum Gasteiger partial charge on any atom is -0.382 e. The second-order valence-electron chi connectivity index (χ2n) is 3.16. The van der Waals surface area contributed by atoms with E-state index in [-0.39, 0.29) is 0 Å². The van der Waals surface area contributed by atoms with Crippen molar-refractivity contribution in [1.29, 1.82) is 0 Å². The predicted octanol–water partition coefficient (Wildman–Crippen LogP) is 0.657. The first-order chi connectivity index (χ1) is 5.77. The van der Waals surface area contributed by atoms with Crippen LogP contribution in [0.3, 0.4) is 0 Å². The van der Waals surface area contributed by atoms with Crippen molar-refractivity contribution < 1.29 is 0 Å². The highest BCUT2D eigenvalue weighted by Crippen LogP contribution is 2.28. The van der Waals surface area contributed by atoms with E-state index in [1.165, 1.54) is 12.8 Å². The minimum absolute atomic E-state index is 0.475. The van der Waals surface area contributed by atoms with Gasteiger partial charge in [-0.15, -0.1) is 10.2 Å². The molecule has 0 atom stereocenters. The van der Waals surface area contributed by atoms with Crippen molar-refractivity contribution >= 4 is 11.6 Å². The second-order valence-corrected chi connectivity index (χ2v) is 3.16. The number of nitrogens with zero attached hydrogens (tertiary/aromatic N) is 3. The van der Waals surface area contributed by atoms with Gasteiger partial charge >= 0.3 is 0 Å². The number of anilines is 2. The maximum absolute atomic E-state index is 5.43. The molecule has 2 rings (SSSR count). The molecular weight excluding hydrogens is 152 g/mol. The summed E-state index contributed by atoms with van der Waals surface area (Å²) in [6.07, 6.45) is 2.53. The van der Waals surface area contributed by atoms with Crippen molar-refractivity contribution in [3.8, 4) is 0 Å². The van der Waals surface area contributed by atoms with Crippen molar-refractivity contribution in [2.24, 2.45) is 0 Å². The largest absolute Gasteiger partial charge is 0.382 e. The molecular formula is C8H12N4. The van der Waals surface area contributed by atoms with Crippen LogP contribution < -0.4 is 10.6 Å². The summed E-state index contributed by atoms with van der Waals surface area (Å²) < 4.78 is 0. The highest BCUT2D eigenvalue weighted by molar-refractivity contribution is 5.42. The third-order valence-corrected chi connectivity index (χ3v) is 2.13. The number of rotatable bonds is 2. The van der Waals surface area contributed by atoms with Gasteiger partial charge in [0.25, 0.3) is 0 Å². The molecule has 0 saturated heterocycles. The Labute approximate surface area is 71.4 Å². The van der Waals surface area contributed by atoms with Crippen molar-refractivity contribution in [3.05, 3.63) is 12.1 Å². The maximum atomic E-state index is 5.43. The van der Waals surface area contributed by atoms with E-state index in [0.29, 0.717) is 11.9 Å². The van der Waals surface area contributed by atoms with Crippen molar-refractivity contribution in [1.82, 2.24) is 10.2 Å². The van der Waals surface area contributed by atoms with E-state index < -0.39 is 0 Å². The van der Waals surface area contributed by atoms with Crippen LogP contribution in [0.25, 0.3) is 0 Å². The summed E-state index contributed by atoms with van der Waals surface area (Å²) >= 11 is 0. The molecule has 4 heteroatoms. The summed E-state index contributed by atoms with van der Waals surface area (Å²) in [7, 11) is 2.04. The lowest BCUT2D eigenvalue weighted by molar-refractivity contribution is 0.864. The molecule has 0 amide bonds. The molecule has 4 nitrogen and oxygen atoms in total. The summed E-state index contributed by atoms with van der Waals surface area (Å²) in [4.78, 5) is 2.15. The molecule has 0 bridgehead atoms. The molecule has 0 unspecified atom stereocenters. The molecule has 1 aromatic rings. The lowest BCUT2D eigenvalue weighted by Crippen LogP contribution is -2.20. The second kappa shape index (κ2) is 2.62. The van der Waals surface area contributed by atoms with Gasteiger partial charge in [-0.1, -0.05) is 0 Å². The number of hydrogen-bond donors (Lipinski definition) is 1. The van der Waals surface area contributed by atoms with Gasteiger partial charge in [-0.05, 0) is 25.0 Å². The fraction of sp³-hybridized carbons (Fsp3) is 0.500. The molecule has 0 spiro atoms. The monoisotopic (exact) mass is 164 g/mol. The molecule has 1 aromatic heterocycles. The molecule has 1 heterocycles. The van der Waals surface area contributed by atoms with Crippen LogP contribution in [-0.4, -0.2) is 23.3 Å². The molecule has 64 valence electrons. The first-order valence-corrected chi connectivity index (χ1v) is 4.09. The summed E-state index contributed by atoms with van der Waals surface area (Å²) in [5.74, 6) is 1.38. The number of nitrogen functional groups attached to an aromatic ring is 1. The SMILES string of the molecule is CN(c1ccc(N)nn1)C1CC1. The zero-order valence-corrected chi connectivity index (χ0v) is 7.07. The Balaban J connectivity index is 2.16. The van der Waals surface area contributed by atoms with Crippen LogP contribution in [0.15, 0.2) is 12.1 Å². The Hall–Kier alpha value is -1.32. The van der Waals surface area contributed by atoms with E-state index in [1.807, 2.05) is 13.1 Å². The molecule has 1 saturated carbocycles. The van der Waals surface area contributed by atoms with Crippen LogP contribution in [0, 0.1) is 0 Å². The lowest BCUT2D eigenvalue weighted by Gasteiger charge is -2.15. The zero-order valence-electron chi connectivity index (χ0n) is 7.07. The average Bonchev–Trinajstić information content (AvgIpc) is 2.87. The molecule has 1 aliphatic rings. The minimum atomic E-state index is 0.475. The molecule has 0 aromatic carbocycles. The summed E-state index contributed by atoms with van der Waals surface area (Å²) in [5, 5.41) is 7.79. The van der Waals surface area contributed by atoms with Crippen molar-refractivity contribution in [3.63, 3.8) is 0 Å². The number of hydrogen-bond acceptors (Lipinski definition) is 4. The van der Waals surface area contributed by atoms with Gasteiger partial charge in [-0.2, -0.15) is 0 Å². The first-order valence-electron chi connectivity index (χ1n) is 4.09. The molecule has 2 N–H and O–H groups in total. The Morgan fingerprint density at radius 2 is 2.17 bits per heavy atom. The molecule has 0 radical (unpaired) electrons. The Morgan fingerprint density at radius 3 is 2.67 bits per heavy atom. The average molecular weight is 164 g/mol. The van der Waals surface area contributed by atoms with Crippen LogP contribution in [0.5, 0.6) is 0 Å². The van der Waals surface area contributed by atoms with Crippen LogP contribution in [-0.2, 0) is 0 Å². The van der Waals surface area contributed by atoms with Gasteiger partial charge in [0.15, 0.2) is 5.82 Å². The Morgan fingerprint density at radius 1 is 1.42 bits per heavy atom. The molecule has 1 aliphatic carbocycles. The Bertz CT molecular complexity index is 265. The smallest absolute Gasteiger partial charge is 0.151 e. The third-order valence-electron chi connectivity index (χ3n) is 2.13. The standard InChI is InChI=1S/C8H12N4/c1-12(6-2-3-6)8-5-4-7(9)10-11-8/h4-6H,2-3H2,1H3,(H2,9,10). The van der Waals surface area contributed by atoms with Gasteiger partial charge in [0.1, 0.15) is 5.82 Å². The normalized spacial score (nSPS) is 16.1. The van der Waals surface area contributed by atoms with E-state index in [2.05, 4.69) is 15.1 Å². The van der Waals surface area contributed by atoms with Crippen LogP contribution >= 0.6 is 0 Å². The highest BCUT2D eigenvalue weighted by atomic mass is 15.3. The van der Waals surface area contributed by atoms with Crippen LogP contribution in [0.4, 0.5) is 11.6 Å². The molecule has 12 heavy (non-hydrogen) atoms. The predicted molar refractivity (Wildman–Crippen MR) is 47.9 cm³/mol. The number of aromatic nitrogens is 2. The van der Waals surface area contributed by atoms with Crippen molar-refractivity contribution in [2.75, 3.05) is 17.7 Å². The van der Waals surface area contributed by atoms with E-state index in [9.17, 15) is 0 Å². The third kappa shape index (κ3) is 1.32. The van der Waals surface area contributed by atoms with Crippen LogP contribution in [0.2, 0.25) is 0 Å².